The van der Waals surface area contributed by atoms with E-state index in [2.05, 4.69) is 10.6 Å². The monoisotopic (exact) mass is 302 g/mol. The standard InChI is InChI=1S/C15H21F3N2O/c1-2-9-20-14(21)8-10-19-13(11-15(16,17)18)12-6-4-3-5-7-12/h3-7,13,19H,2,8-11H2,1H3,(H,20,21). The molecule has 0 aliphatic heterocycles. The van der Waals surface area contributed by atoms with Gasteiger partial charge in [0.25, 0.3) is 0 Å². The van der Waals surface area contributed by atoms with Gasteiger partial charge in [-0.25, -0.2) is 0 Å². The molecule has 0 spiro atoms. The Morgan fingerprint density at radius 1 is 1.19 bits per heavy atom. The summed E-state index contributed by atoms with van der Waals surface area (Å²) in [6.07, 6.45) is -4.20. The molecule has 1 rings (SSSR count). The molecule has 1 atom stereocenters. The Morgan fingerprint density at radius 3 is 2.43 bits per heavy atom. The van der Waals surface area contributed by atoms with Crippen molar-refractivity contribution in [2.45, 2.75) is 38.4 Å². The van der Waals surface area contributed by atoms with Gasteiger partial charge in [-0.15, -0.1) is 0 Å². The minimum atomic E-state index is -4.25. The second-order valence-corrected chi connectivity index (χ2v) is 4.84. The molecule has 0 saturated heterocycles. The maximum atomic E-state index is 12.6. The molecular weight excluding hydrogens is 281 g/mol. The highest BCUT2D eigenvalue weighted by Crippen LogP contribution is 2.29. The fourth-order valence-electron chi connectivity index (χ4n) is 1.94. The Balaban J connectivity index is 2.52. The third-order valence-corrected chi connectivity index (χ3v) is 2.95. The molecule has 0 aliphatic rings. The molecule has 1 aromatic rings. The highest BCUT2D eigenvalue weighted by molar-refractivity contribution is 5.75. The van der Waals surface area contributed by atoms with Gasteiger partial charge in [-0.1, -0.05) is 37.3 Å². The van der Waals surface area contributed by atoms with Gasteiger partial charge in [-0.3, -0.25) is 4.79 Å². The Labute approximate surface area is 122 Å². The van der Waals surface area contributed by atoms with E-state index in [0.717, 1.165) is 6.42 Å². The van der Waals surface area contributed by atoms with Crippen LogP contribution in [0.2, 0.25) is 0 Å². The second kappa shape index (κ2) is 8.67. The normalized spacial score (nSPS) is 13.0. The first kappa shape index (κ1) is 17.5. The van der Waals surface area contributed by atoms with Gasteiger partial charge in [0.05, 0.1) is 6.42 Å². The summed E-state index contributed by atoms with van der Waals surface area (Å²) >= 11 is 0. The van der Waals surface area contributed by atoms with E-state index in [1.165, 1.54) is 0 Å². The van der Waals surface area contributed by atoms with E-state index in [0.29, 0.717) is 12.1 Å². The van der Waals surface area contributed by atoms with Gasteiger partial charge in [-0.2, -0.15) is 13.2 Å². The summed E-state index contributed by atoms with van der Waals surface area (Å²) in [5.41, 5.74) is 0.573. The SMILES string of the molecule is CCCNC(=O)CCNC(CC(F)(F)F)c1ccccc1. The lowest BCUT2D eigenvalue weighted by Gasteiger charge is -2.20. The third-order valence-electron chi connectivity index (χ3n) is 2.95. The minimum Gasteiger partial charge on any atom is -0.356 e. The zero-order chi connectivity index (χ0) is 15.7. The lowest BCUT2D eigenvalue weighted by atomic mass is 10.0. The Bertz CT molecular complexity index is 421. The van der Waals surface area contributed by atoms with Gasteiger partial charge < -0.3 is 10.6 Å². The van der Waals surface area contributed by atoms with E-state index in [-0.39, 0.29) is 18.9 Å². The fraction of sp³-hybridized carbons (Fsp3) is 0.533. The quantitative estimate of drug-likeness (QED) is 0.774. The average molecular weight is 302 g/mol. The topological polar surface area (TPSA) is 41.1 Å². The van der Waals surface area contributed by atoms with Crippen LogP contribution in [0.25, 0.3) is 0 Å². The lowest BCUT2D eigenvalue weighted by molar-refractivity contribution is -0.140. The highest BCUT2D eigenvalue weighted by atomic mass is 19.4. The lowest BCUT2D eigenvalue weighted by Crippen LogP contribution is -2.31. The molecule has 0 aliphatic carbocycles. The number of hydrogen-bond donors (Lipinski definition) is 2. The van der Waals surface area contributed by atoms with Crippen molar-refractivity contribution in [1.29, 1.82) is 0 Å². The predicted octanol–water partition coefficient (Wildman–Crippen LogP) is 3.19. The number of hydrogen-bond acceptors (Lipinski definition) is 2. The Hall–Kier alpha value is -1.56. The van der Waals surface area contributed by atoms with Crippen LogP contribution < -0.4 is 10.6 Å². The molecule has 3 nitrogen and oxygen atoms in total. The molecule has 21 heavy (non-hydrogen) atoms. The average Bonchev–Trinajstić information content (AvgIpc) is 2.43. The molecule has 0 saturated carbocycles. The van der Waals surface area contributed by atoms with Gasteiger partial charge in [-0.05, 0) is 12.0 Å². The number of amides is 1. The summed E-state index contributed by atoms with van der Waals surface area (Å²) in [7, 11) is 0. The van der Waals surface area contributed by atoms with Crippen molar-refractivity contribution in [1.82, 2.24) is 10.6 Å². The van der Waals surface area contributed by atoms with E-state index < -0.39 is 18.6 Å². The van der Waals surface area contributed by atoms with Gasteiger partial charge in [0, 0.05) is 25.6 Å². The molecule has 6 heteroatoms. The van der Waals surface area contributed by atoms with Crippen LogP contribution in [0.15, 0.2) is 30.3 Å². The van der Waals surface area contributed by atoms with E-state index in [1.54, 1.807) is 30.3 Å². The van der Waals surface area contributed by atoms with Crippen molar-refractivity contribution in [3.8, 4) is 0 Å². The van der Waals surface area contributed by atoms with Crippen molar-refractivity contribution in [3.63, 3.8) is 0 Å². The van der Waals surface area contributed by atoms with Crippen LogP contribution in [0.1, 0.15) is 37.8 Å². The summed E-state index contributed by atoms with van der Waals surface area (Å²) in [6.45, 7) is 2.74. The van der Waals surface area contributed by atoms with Crippen LogP contribution in [-0.4, -0.2) is 25.2 Å². The second-order valence-electron chi connectivity index (χ2n) is 4.84. The van der Waals surface area contributed by atoms with Crippen molar-refractivity contribution in [3.05, 3.63) is 35.9 Å². The smallest absolute Gasteiger partial charge is 0.356 e. The fourth-order valence-corrected chi connectivity index (χ4v) is 1.94. The molecule has 1 aromatic carbocycles. The van der Waals surface area contributed by atoms with Crippen molar-refractivity contribution in [2.75, 3.05) is 13.1 Å². The number of nitrogens with one attached hydrogen (secondary N) is 2. The Kier molecular flexibility index (Phi) is 7.22. The number of rotatable bonds is 8. The molecule has 2 N–H and O–H groups in total. The van der Waals surface area contributed by atoms with Gasteiger partial charge in [0.1, 0.15) is 0 Å². The molecule has 118 valence electrons. The van der Waals surface area contributed by atoms with E-state index >= 15 is 0 Å². The molecule has 0 radical (unpaired) electrons. The molecule has 0 fully saturated rings. The van der Waals surface area contributed by atoms with Crippen molar-refractivity contribution < 1.29 is 18.0 Å². The molecule has 0 aromatic heterocycles. The number of benzene rings is 1. The number of carbonyl (C=O) groups excluding carboxylic acids is 1. The summed E-state index contributed by atoms with van der Waals surface area (Å²) < 4.78 is 37.9. The molecule has 0 bridgehead atoms. The van der Waals surface area contributed by atoms with Gasteiger partial charge >= 0.3 is 6.18 Å². The molecule has 1 amide bonds. The molecular formula is C15H21F3N2O. The van der Waals surface area contributed by atoms with Crippen molar-refractivity contribution in [2.24, 2.45) is 0 Å². The van der Waals surface area contributed by atoms with Gasteiger partial charge in [0.2, 0.25) is 5.91 Å². The highest BCUT2D eigenvalue weighted by Gasteiger charge is 2.32. The third kappa shape index (κ3) is 7.70. The Morgan fingerprint density at radius 2 is 1.86 bits per heavy atom. The van der Waals surface area contributed by atoms with E-state index in [4.69, 9.17) is 0 Å². The van der Waals surface area contributed by atoms with E-state index in [1.807, 2.05) is 6.92 Å². The van der Waals surface area contributed by atoms with Crippen LogP contribution in [0.3, 0.4) is 0 Å². The summed E-state index contributed by atoms with van der Waals surface area (Å²) in [6, 6.07) is 7.64. The van der Waals surface area contributed by atoms with E-state index in [9.17, 15) is 18.0 Å². The number of halogens is 3. The zero-order valence-electron chi connectivity index (χ0n) is 12.0. The van der Waals surface area contributed by atoms with Crippen LogP contribution in [0.5, 0.6) is 0 Å². The first-order valence-electron chi connectivity index (χ1n) is 7.04. The van der Waals surface area contributed by atoms with Gasteiger partial charge in [0.15, 0.2) is 0 Å². The summed E-state index contributed by atoms with van der Waals surface area (Å²) in [5.74, 6) is -0.150. The summed E-state index contributed by atoms with van der Waals surface area (Å²) in [5, 5.41) is 5.51. The van der Waals surface area contributed by atoms with Crippen LogP contribution >= 0.6 is 0 Å². The first-order chi connectivity index (χ1) is 9.92. The summed E-state index contributed by atoms with van der Waals surface area (Å²) in [4.78, 5) is 11.4. The number of alkyl halides is 3. The maximum Gasteiger partial charge on any atom is 0.390 e. The minimum absolute atomic E-state index is 0.150. The molecule has 1 unspecified atom stereocenters. The van der Waals surface area contributed by atoms with Crippen LogP contribution in [0.4, 0.5) is 13.2 Å². The number of carbonyl (C=O) groups is 1. The first-order valence-corrected chi connectivity index (χ1v) is 7.04. The van der Waals surface area contributed by atoms with Crippen LogP contribution in [0, 0.1) is 0 Å². The van der Waals surface area contributed by atoms with Crippen molar-refractivity contribution >= 4 is 5.91 Å². The largest absolute Gasteiger partial charge is 0.390 e. The predicted molar refractivity (Wildman–Crippen MR) is 75.8 cm³/mol. The van der Waals surface area contributed by atoms with Crippen LogP contribution in [-0.2, 0) is 4.79 Å². The maximum absolute atomic E-state index is 12.6. The molecule has 0 heterocycles. The zero-order valence-corrected chi connectivity index (χ0v) is 12.0.